The van der Waals surface area contributed by atoms with Gasteiger partial charge in [-0.2, -0.15) is 0 Å². The first kappa shape index (κ1) is 12.6. The Morgan fingerprint density at radius 3 is 2.76 bits per heavy atom. The van der Waals surface area contributed by atoms with Crippen LogP contribution in [-0.2, 0) is 4.74 Å². The van der Waals surface area contributed by atoms with Gasteiger partial charge in [-0.25, -0.2) is 9.18 Å². The van der Waals surface area contributed by atoms with Crippen LogP contribution in [0.25, 0.3) is 0 Å². The lowest BCUT2D eigenvalue weighted by Crippen LogP contribution is -2.46. The van der Waals surface area contributed by atoms with E-state index in [1.54, 1.807) is 19.9 Å². The van der Waals surface area contributed by atoms with Gasteiger partial charge < -0.3 is 4.74 Å². The molecule has 0 aromatic heterocycles. The van der Waals surface area contributed by atoms with Crippen molar-refractivity contribution in [1.29, 1.82) is 0 Å². The molecule has 0 fully saturated rings. The first-order chi connectivity index (χ1) is 7.91. The maximum atomic E-state index is 14.4. The van der Waals surface area contributed by atoms with Crippen molar-refractivity contribution in [2.24, 2.45) is 0 Å². The minimum absolute atomic E-state index is 0.529. The lowest BCUT2D eigenvalue weighted by molar-refractivity contribution is 0.160. The van der Waals surface area contributed by atoms with Gasteiger partial charge in [0.25, 0.3) is 0 Å². The largest absolute Gasteiger partial charge is 0.452 e. The van der Waals surface area contributed by atoms with Gasteiger partial charge in [-0.05, 0) is 48.6 Å². The predicted octanol–water partition coefficient (Wildman–Crippen LogP) is 3.67. The molecule has 0 bridgehead atoms. The number of fused-ring (bicyclic) bond motifs is 1. The van der Waals surface area contributed by atoms with Crippen LogP contribution in [-0.4, -0.2) is 18.7 Å². The zero-order valence-electron chi connectivity index (χ0n) is 9.83. The first-order valence-electron chi connectivity index (χ1n) is 5.22. The number of halogens is 2. The molecule has 1 aromatic rings. The Kier molecular flexibility index (Phi) is 3.05. The van der Waals surface area contributed by atoms with Gasteiger partial charge in [0.2, 0.25) is 0 Å². The van der Waals surface area contributed by atoms with E-state index in [1.807, 2.05) is 12.1 Å². The third kappa shape index (κ3) is 1.71. The zero-order valence-corrected chi connectivity index (χ0v) is 12.0. The molecule has 1 heterocycles. The molecule has 0 saturated heterocycles. The summed E-state index contributed by atoms with van der Waals surface area (Å²) in [5.74, 6) is 0. The normalized spacial score (nSPS) is 21.2. The average Bonchev–Trinajstić information content (AvgIpc) is 2.47. The van der Waals surface area contributed by atoms with Crippen LogP contribution >= 0.6 is 22.6 Å². The van der Waals surface area contributed by atoms with Crippen LogP contribution in [0.1, 0.15) is 25.6 Å². The first-order valence-corrected chi connectivity index (χ1v) is 6.29. The van der Waals surface area contributed by atoms with Gasteiger partial charge >= 0.3 is 6.09 Å². The molecule has 1 atom stereocenters. The molecule has 2 rings (SSSR count). The van der Waals surface area contributed by atoms with E-state index in [2.05, 4.69) is 22.6 Å². The molecular weight excluding hydrogens is 336 g/mol. The number of nitrogens with zero attached hydrogens (tertiary/aromatic N) is 1. The molecule has 92 valence electrons. The highest BCUT2D eigenvalue weighted by molar-refractivity contribution is 14.1. The summed E-state index contributed by atoms with van der Waals surface area (Å²) in [6, 6.07) is 5.39. The molecule has 0 N–H and O–H groups in total. The average molecular weight is 349 g/mol. The number of carbonyl (C=O) groups excluding carboxylic acids is 1. The third-order valence-electron chi connectivity index (χ3n) is 3.08. The summed E-state index contributed by atoms with van der Waals surface area (Å²) in [4.78, 5) is 13.2. The Balaban J connectivity index is 2.63. The summed E-state index contributed by atoms with van der Waals surface area (Å²) in [5, 5.41) is 0. The van der Waals surface area contributed by atoms with Crippen LogP contribution in [0.15, 0.2) is 18.2 Å². The SMILES string of the molecule is COC(=O)N1c2cccc(I)c2C(F)C1(C)C. The number of rotatable bonds is 0. The molecule has 5 heteroatoms. The fourth-order valence-corrected chi connectivity index (χ4v) is 2.93. The summed E-state index contributed by atoms with van der Waals surface area (Å²) < 4.78 is 20.0. The molecule has 0 radical (unpaired) electrons. The van der Waals surface area contributed by atoms with E-state index in [1.165, 1.54) is 12.0 Å². The Morgan fingerprint density at radius 2 is 2.18 bits per heavy atom. The Hall–Kier alpha value is -0.850. The molecule has 1 unspecified atom stereocenters. The molecule has 1 aliphatic heterocycles. The van der Waals surface area contributed by atoms with E-state index < -0.39 is 17.8 Å². The molecule has 0 saturated carbocycles. The number of methoxy groups -OCH3 is 1. The van der Waals surface area contributed by atoms with Crippen molar-refractivity contribution in [3.05, 3.63) is 27.3 Å². The standard InChI is InChI=1S/C12H13FINO2/c1-12(2)10(13)9-7(14)5-4-6-8(9)15(12)11(16)17-3/h4-6,10H,1-3H3. The van der Waals surface area contributed by atoms with E-state index in [0.29, 0.717) is 11.3 Å². The Morgan fingerprint density at radius 1 is 1.53 bits per heavy atom. The maximum absolute atomic E-state index is 14.4. The van der Waals surface area contributed by atoms with E-state index in [4.69, 9.17) is 4.74 Å². The van der Waals surface area contributed by atoms with E-state index in [9.17, 15) is 9.18 Å². The number of carbonyl (C=O) groups is 1. The molecule has 17 heavy (non-hydrogen) atoms. The zero-order chi connectivity index (χ0) is 12.8. The van der Waals surface area contributed by atoms with E-state index >= 15 is 0 Å². The number of amides is 1. The lowest BCUT2D eigenvalue weighted by Gasteiger charge is -2.31. The number of ether oxygens (including phenoxy) is 1. The topological polar surface area (TPSA) is 29.5 Å². The predicted molar refractivity (Wildman–Crippen MR) is 72.0 cm³/mol. The van der Waals surface area contributed by atoms with Crippen LogP contribution in [0.5, 0.6) is 0 Å². The smallest absolute Gasteiger partial charge is 0.414 e. The summed E-state index contributed by atoms with van der Waals surface area (Å²) >= 11 is 2.08. The second-order valence-corrected chi connectivity index (χ2v) is 5.66. The number of anilines is 1. The van der Waals surface area contributed by atoms with Crippen LogP contribution in [0.2, 0.25) is 0 Å². The van der Waals surface area contributed by atoms with Gasteiger partial charge in [0, 0.05) is 9.13 Å². The quantitative estimate of drug-likeness (QED) is 0.669. The molecule has 1 aromatic carbocycles. The molecule has 3 nitrogen and oxygen atoms in total. The summed E-state index contributed by atoms with van der Waals surface area (Å²) in [6.45, 7) is 3.40. The van der Waals surface area contributed by atoms with Gasteiger partial charge in [-0.3, -0.25) is 4.90 Å². The molecular formula is C12H13FINO2. The van der Waals surface area contributed by atoms with Crippen molar-refractivity contribution < 1.29 is 13.9 Å². The van der Waals surface area contributed by atoms with Gasteiger partial charge in [0.1, 0.15) is 0 Å². The van der Waals surface area contributed by atoms with Gasteiger partial charge in [0.05, 0.1) is 18.3 Å². The Labute approximate surface area is 113 Å². The van der Waals surface area contributed by atoms with Crippen molar-refractivity contribution in [2.75, 3.05) is 12.0 Å². The van der Waals surface area contributed by atoms with Crippen LogP contribution in [0, 0.1) is 3.57 Å². The third-order valence-corrected chi connectivity index (χ3v) is 4.02. The molecule has 1 aliphatic rings. The van der Waals surface area contributed by atoms with E-state index in [-0.39, 0.29) is 0 Å². The van der Waals surface area contributed by atoms with Crippen LogP contribution in [0.4, 0.5) is 14.9 Å². The summed E-state index contributed by atoms with van der Waals surface area (Å²) in [7, 11) is 1.30. The number of hydrogen-bond acceptors (Lipinski definition) is 2. The molecule has 1 amide bonds. The van der Waals surface area contributed by atoms with Crippen molar-refractivity contribution in [3.63, 3.8) is 0 Å². The molecule has 0 spiro atoms. The fraction of sp³-hybridized carbons (Fsp3) is 0.417. The monoisotopic (exact) mass is 349 g/mol. The summed E-state index contributed by atoms with van der Waals surface area (Å²) in [5.41, 5.74) is 0.251. The Bertz CT molecular complexity index is 476. The number of alkyl halides is 1. The number of hydrogen-bond donors (Lipinski definition) is 0. The molecule has 0 aliphatic carbocycles. The van der Waals surface area contributed by atoms with Crippen molar-refractivity contribution in [1.82, 2.24) is 0 Å². The minimum Gasteiger partial charge on any atom is -0.452 e. The van der Waals surface area contributed by atoms with Gasteiger partial charge in [0.15, 0.2) is 6.17 Å². The van der Waals surface area contributed by atoms with Crippen molar-refractivity contribution in [3.8, 4) is 0 Å². The van der Waals surface area contributed by atoms with Crippen LogP contribution < -0.4 is 4.90 Å². The highest BCUT2D eigenvalue weighted by atomic mass is 127. The second kappa shape index (κ2) is 4.12. The van der Waals surface area contributed by atoms with Crippen molar-refractivity contribution >= 4 is 34.4 Å². The fourth-order valence-electron chi connectivity index (χ4n) is 2.17. The second-order valence-electron chi connectivity index (χ2n) is 4.49. The van der Waals surface area contributed by atoms with Gasteiger partial charge in [-0.1, -0.05) is 6.07 Å². The lowest BCUT2D eigenvalue weighted by atomic mass is 9.97. The maximum Gasteiger partial charge on any atom is 0.414 e. The summed E-state index contributed by atoms with van der Waals surface area (Å²) in [6.07, 6.45) is -1.73. The number of benzene rings is 1. The highest BCUT2D eigenvalue weighted by Gasteiger charge is 2.49. The minimum atomic E-state index is -1.20. The van der Waals surface area contributed by atoms with Gasteiger partial charge in [-0.15, -0.1) is 0 Å². The van der Waals surface area contributed by atoms with Crippen molar-refractivity contribution in [2.45, 2.75) is 25.6 Å². The van der Waals surface area contributed by atoms with Crippen LogP contribution in [0.3, 0.4) is 0 Å². The van der Waals surface area contributed by atoms with E-state index in [0.717, 1.165) is 3.57 Å². The highest BCUT2D eigenvalue weighted by Crippen LogP contribution is 2.50.